The lowest BCUT2D eigenvalue weighted by atomic mass is 10.1. The van der Waals surface area contributed by atoms with Crippen LogP contribution in [0.4, 0.5) is 0 Å². The van der Waals surface area contributed by atoms with Gasteiger partial charge in [0.2, 0.25) is 5.91 Å². The summed E-state index contributed by atoms with van der Waals surface area (Å²) in [6, 6.07) is 4.86. The first-order chi connectivity index (χ1) is 12.4. The highest BCUT2D eigenvalue weighted by molar-refractivity contribution is 6.43. The van der Waals surface area contributed by atoms with Gasteiger partial charge in [-0.2, -0.15) is 0 Å². The minimum atomic E-state index is -0.614. The van der Waals surface area contributed by atoms with Gasteiger partial charge >= 0.3 is 0 Å². The van der Waals surface area contributed by atoms with E-state index in [1.165, 1.54) is 12.8 Å². The minimum Gasteiger partial charge on any atom is -0.340 e. The first-order valence-corrected chi connectivity index (χ1v) is 9.95. The number of nitrogens with zero attached hydrogens (tertiary/aromatic N) is 2. The molecule has 2 amide bonds. The number of halogens is 2. The average Bonchev–Trinajstić information content (AvgIpc) is 3.25. The summed E-state index contributed by atoms with van der Waals surface area (Å²) in [6.07, 6.45) is 3.47. The Hall–Kier alpha value is -1.30. The van der Waals surface area contributed by atoms with E-state index in [1.54, 1.807) is 25.1 Å². The standard InChI is InChI=1S/C19H25Cl2N3O2/c1-12(22-18(25)14-6-5-7-15(20)17(14)21)19(26)24-11-8-16(13(24)2)23-9-3-4-10-23/h5-7,12-13,16H,3-4,8-11H2,1-2H3,(H,22,25)/t12-,13-,16+/m0/s1. The highest BCUT2D eigenvalue weighted by Crippen LogP contribution is 2.27. The number of amides is 2. The fourth-order valence-corrected chi connectivity index (χ4v) is 4.45. The summed E-state index contributed by atoms with van der Waals surface area (Å²) in [5.41, 5.74) is 0.281. The van der Waals surface area contributed by atoms with E-state index in [0.29, 0.717) is 11.1 Å². The van der Waals surface area contributed by atoms with Gasteiger partial charge in [-0.05, 0) is 58.3 Å². The van der Waals surface area contributed by atoms with E-state index in [2.05, 4.69) is 17.1 Å². The summed E-state index contributed by atoms with van der Waals surface area (Å²) >= 11 is 12.1. The van der Waals surface area contributed by atoms with Crippen LogP contribution in [0, 0.1) is 0 Å². The van der Waals surface area contributed by atoms with Crippen molar-refractivity contribution in [2.24, 2.45) is 0 Å². The van der Waals surface area contributed by atoms with E-state index in [1.807, 2.05) is 4.90 Å². The van der Waals surface area contributed by atoms with Crippen molar-refractivity contribution in [3.8, 4) is 0 Å². The van der Waals surface area contributed by atoms with Crippen molar-refractivity contribution >= 4 is 35.0 Å². The monoisotopic (exact) mass is 397 g/mol. The summed E-state index contributed by atoms with van der Waals surface area (Å²) < 4.78 is 0. The molecule has 1 N–H and O–H groups in total. The molecule has 0 saturated carbocycles. The van der Waals surface area contributed by atoms with Gasteiger partial charge in [-0.3, -0.25) is 14.5 Å². The Bertz CT molecular complexity index is 691. The number of rotatable bonds is 4. The van der Waals surface area contributed by atoms with E-state index in [0.717, 1.165) is 26.1 Å². The smallest absolute Gasteiger partial charge is 0.253 e. The predicted molar refractivity (Wildman–Crippen MR) is 104 cm³/mol. The van der Waals surface area contributed by atoms with Crippen LogP contribution in [0.1, 0.15) is 43.5 Å². The quantitative estimate of drug-likeness (QED) is 0.848. The molecule has 2 saturated heterocycles. The lowest BCUT2D eigenvalue weighted by Gasteiger charge is -2.31. The van der Waals surface area contributed by atoms with Crippen molar-refractivity contribution in [3.63, 3.8) is 0 Å². The molecule has 0 aromatic heterocycles. The molecular weight excluding hydrogens is 373 g/mol. The second-order valence-corrected chi connectivity index (χ2v) is 7.95. The third-order valence-corrected chi connectivity index (χ3v) is 6.34. The molecule has 2 aliphatic heterocycles. The summed E-state index contributed by atoms with van der Waals surface area (Å²) in [5, 5.41) is 3.28. The van der Waals surface area contributed by atoms with Crippen molar-refractivity contribution in [2.45, 2.75) is 51.2 Å². The van der Waals surface area contributed by atoms with Gasteiger partial charge < -0.3 is 10.2 Å². The molecule has 0 aliphatic carbocycles. The van der Waals surface area contributed by atoms with Gasteiger partial charge in [0.1, 0.15) is 6.04 Å². The summed E-state index contributed by atoms with van der Waals surface area (Å²) in [5.74, 6) is -0.438. The number of benzene rings is 1. The Balaban J connectivity index is 1.62. The normalized spacial score (nSPS) is 24.7. The molecule has 2 heterocycles. The highest BCUT2D eigenvalue weighted by atomic mass is 35.5. The largest absolute Gasteiger partial charge is 0.340 e. The van der Waals surface area contributed by atoms with Gasteiger partial charge in [-0.1, -0.05) is 29.3 Å². The van der Waals surface area contributed by atoms with Crippen molar-refractivity contribution < 1.29 is 9.59 Å². The second kappa shape index (κ2) is 8.15. The van der Waals surface area contributed by atoms with Gasteiger partial charge in [0.05, 0.1) is 15.6 Å². The van der Waals surface area contributed by atoms with Crippen LogP contribution in [0.5, 0.6) is 0 Å². The predicted octanol–water partition coefficient (Wildman–Crippen LogP) is 3.20. The van der Waals surface area contributed by atoms with Crippen LogP contribution in [0.3, 0.4) is 0 Å². The molecule has 2 aliphatic rings. The molecule has 5 nitrogen and oxygen atoms in total. The zero-order valence-corrected chi connectivity index (χ0v) is 16.7. The topological polar surface area (TPSA) is 52.7 Å². The van der Waals surface area contributed by atoms with Gasteiger partial charge in [0.25, 0.3) is 5.91 Å². The Kier molecular flexibility index (Phi) is 6.10. The molecule has 142 valence electrons. The third-order valence-electron chi connectivity index (χ3n) is 5.52. The first-order valence-electron chi connectivity index (χ1n) is 9.19. The molecule has 0 unspecified atom stereocenters. The van der Waals surface area contributed by atoms with Gasteiger partial charge in [0, 0.05) is 18.6 Å². The van der Waals surface area contributed by atoms with E-state index >= 15 is 0 Å². The summed E-state index contributed by atoms with van der Waals surface area (Å²) in [4.78, 5) is 29.7. The Morgan fingerprint density at radius 2 is 1.88 bits per heavy atom. The van der Waals surface area contributed by atoms with Crippen LogP contribution in [0.2, 0.25) is 10.0 Å². The van der Waals surface area contributed by atoms with Crippen molar-refractivity contribution in [3.05, 3.63) is 33.8 Å². The van der Waals surface area contributed by atoms with E-state index in [9.17, 15) is 9.59 Å². The van der Waals surface area contributed by atoms with Crippen molar-refractivity contribution in [1.82, 2.24) is 15.1 Å². The van der Waals surface area contributed by atoms with Crippen LogP contribution < -0.4 is 5.32 Å². The summed E-state index contributed by atoms with van der Waals surface area (Å²) in [7, 11) is 0. The zero-order valence-electron chi connectivity index (χ0n) is 15.2. The highest BCUT2D eigenvalue weighted by Gasteiger charge is 2.39. The Labute approximate surface area is 164 Å². The first kappa shape index (κ1) is 19.5. The fraction of sp³-hybridized carbons (Fsp3) is 0.579. The van der Waals surface area contributed by atoms with E-state index in [-0.39, 0.29) is 28.4 Å². The molecule has 0 radical (unpaired) electrons. The lowest BCUT2D eigenvalue weighted by Crippen LogP contribution is -2.50. The fourth-order valence-electron chi connectivity index (χ4n) is 4.06. The van der Waals surface area contributed by atoms with Crippen LogP contribution >= 0.6 is 23.2 Å². The molecule has 7 heteroatoms. The third kappa shape index (κ3) is 3.85. The zero-order chi connectivity index (χ0) is 18.8. The Morgan fingerprint density at radius 3 is 2.58 bits per heavy atom. The van der Waals surface area contributed by atoms with Crippen LogP contribution in [0.15, 0.2) is 18.2 Å². The number of hydrogen-bond donors (Lipinski definition) is 1. The summed E-state index contributed by atoms with van der Waals surface area (Å²) in [6.45, 7) is 6.80. The molecule has 1 aromatic rings. The van der Waals surface area contributed by atoms with E-state index < -0.39 is 6.04 Å². The van der Waals surface area contributed by atoms with Gasteiger partial charge in [-0.15, -0.1) is 0 Å². The molecule has 1 aromatic carbocycles. The molecule has 0 spiro atoms. The van der Waals surface area contributed by atoms with Gasteiger partial charge in [0.15, 0.2) is 0 Å². The van der Waals surface area contributed by atoms with Crippen molar-refractivity contribution in [2.75, 3.05) is 19.6 Å². The molecule has 26 heavy (non-hydrogen) atoms. The lowest BCUT2D eigenvalue weighted by molar-refractivity contribution is -0.133. The Morgan fingerprint density at radius 1 is 1.19 bits per heavy atom. The number of likely N-dealkylation sites (tertiary alicyclic amines) is 2. The molecular formula is C19H25Cl2N3O2. The molecule has 0 bridgehead atoms. The maximum absolute atomic E-state index is 12.9. The van der Waals surface area contributed by atoms with Crippen LogP contribution in [-0.2, 0) is 4.79 Å². The molecule has 2 fully saturated rings. The maximum Gasteiger partial charge on any atom is 0.253 e. The maximum atomic E-state index is 12.9. The molecule has 3 atom stereocenters. The van der Waals surface area contributed by atoms with E-state index in [4.69, 9.17) is 23.2 Å². The van der Waals surface area contributed by atoms with Crippen molar-refractivity contribution in [1.29, 1.82) is 0 Å². The van der Waals surface area contributed by atoms with Crippen LogP contribution in [-0.4, -0.2) is 59.4 Å². The van der Waals surface area contributed by atoms with Gasteiger partial charge in [-0.25, -0.2) is 0 Å². The number of nitrogens with one attached hydrogen (secondary N) is 1. The number of carbonyl (C=O) groups excluding carboxylic acids is 2. The second-order valence-electron chi connectivity index (χ2n) is 7.17. The van der Waals surface area contributed by atoms with Crippen LogP contribution in [0.25, 0.3) is 0 Å². The minimum absolute atomic E-state index is 0.0503. The number of hydrogen-bond acceptors (Lipinski definition) is 3. The molecule has 3 rings (SSSR count). The SMILES string of the molecule is C[C@H](NC(=O)c1cccc(Cl)c1Cl)C(=O)N1CC[C@@H](N2CCCC2)[C@@H]1C. The number of carbonyl (C=O) groups is 2. The average molecular weight is 398 g/mol.